The summed E-state index contributed by atoms with van der Waals surface area (Å²) in [6.45, 7) is 12.3. The molecule has 0 aliphatic rings. The van der Waals surface area contributed by atoms with Crippen LogP contribution in [-0.2, 0) is 12.8 Å². The number of hydrogen-bond acceptors (Lipinski definition) is 2. The van der Waals surface area contributed by atoms with Gasteiger partial charge in [-0.15, -0.1) is 0 Å². The van der Waals surface area contributed by atoms with Crippen LogP contribution in [0.3, 0.4) is 0 Å². The highest BCUT2D eigenvalue weighted by Gasteiger charge is 2.21. The van der Waals surface area contributed by atoms with E-state index in [1.165, 1.54) is 11.1 Å². The molecule has 0 heterocycles. The van der Waals surface area contributed by atoms with Crippen molar-refractivity contribution in [3.63, 3.8) is 0 Å². The Morgan fingerprint density at radius 1 is 0.652 bits per heavy atom. The van der Waals surface area contributed by atoms with Crippen LogP contribution >= 0.6 is 0 Å². The highest BCUT2D eigenvalue weighted by Crippen LogP contribution is 2.32. The summed E-state index contributed by atoms with van der Waals surface area (Å²) in [7, 11) is 0. The maximum absolute atomic E-state index is 9.93. The SMILES string of the molecule is Cc1cc(CC(C)(C)Cc2cc(C)c(O)c(C)c2)cc(C)c1O. The van der Waals surface area contributed by atoms with Crippen LogP contribution in [0, 0.1) is 33.1 Å². The first-order valence-electron chi connectivity index (χ1n) is 8.17. The number of aryl methyl sites for hydroxylation is 4. The number of aromatic hydroxyl groups is 2. The quantitative estimate of drug-likeness (QED) is 0.820. The lowest BCUT2D eigenvalue weighted by atomic mass is 9.79. The molecule has 0 fully saturated rings. The van der Waals surface area contributed by atoms with Crippen LogP contribution < -0.4 is 0 Å². The predicted octanol–water partition coefficient (Wildman–Crippen LogP) is 5.14. The monoisotopic (exact) mass is 312 g/mol. The number of hydrogen-bond donors (Lipinski definition) is 2. The summed E-state index contributed by atoms with van der Waals surface area (Å²) in [5, 5.41) is 19.9. The van der Waals surface area contributed by atoms with E-state index in [-0.39, 0.29) is 5.41 Å². The molecule has 0 aromatic heterocycles. The summed E-state index contributed by atoms with van der Waals surface area (Å²) in [6.07, 6.45) is 1.90. The second kappa shape index (κ2) is 6.27. The highest BCUT2D eigenvalue weighted by atomic mass is 16.3. The van der Waals surface area contributed by atoms with Gasteiger partial charge in [0.25, 0.3) is 0 Å². The normalized spacial score (nSPS) is 11.7. The summed E-state index contributed by atoms with van der Waals surface area (Å²) in [6, 6.07) is 8.32. The second-order valence-electron chi connectivity index (χ2n) is 7.67. The molecular weight excluding hydrogens is 284 g/mol. The third-order valence-corrected chi connectivity index (χ3v) is 4.47. The van der Waals surface area contributed by atoms with Crippen LogP contribution in [0.1, 0.15) is 47.2 Å². The maximum Gasteiger partial charge on any atom is 0.121 e. The van der Waals surface area contributed by atoms with Crippen molar-refractivity contribution in [3.05, 3.63) is 57.6 Å². The summed E-state index contributed by atoms with van der Waals surface area (Å²) < 4.78 is 0. The zero-order valence-electron chi connectivity index (χ0n) is 15.1. The van der Waals surface area contributed by atoms with Gasteiger partial charge >= 0.3 is 0 Å². The third-order valence-electron chi connectivity index (χ3n) is 4.47. The van der Waals surface area contributed by atoms with Gasteiger partial charge in [0.1, 0.15) is 11.5 Å². The molecule has 124 valence electrons. The van der Waals surface area contributed by atoms with Crippen molar-refractivity contribution in [1.29, 1.82) is 0 Å². The smallest absolute Gasteiger partial charge is 0.121 e. The Balaban J connectivity index is 2.22. The summed E-state index contributed by atoms with van der Waals surface area (Å²) in [5.41, 5.74) is 6.37. The first-order chi connectivity index (χ1) is 10.6. The van der Waals surface area contributed by atoms with Crippen LogP contribution in [0.15, 0.2) is 24.3 Å². The fraction of sp³-hybridized carbons (Fsp3) is 0.429. The molecule has 2 N–H and O–H groups in total. The Labute approximate surface area is 139 Å². The van der Waals surface area contributed by atoms with Crippen LogP contribution in [0.25, 0.3) is 0 Å². The minimum atomic E-state index is 0.103. The average Bonchev–Trinajstić information content (AvgIpc) is 2.41. The van der Waals surface area contributed by atoms with Gasteiger partial charge in [-0.25, -0.2) is 0 Å². The zero-order valence-corrected chi connectivity index (χ0v) is 15.1. The van der Waals surface area contributed by atoms with Gasteiger partial charge in [-0.1, -0.05) is 38.1 Å². The third kappa shape index (κ3) is 4.07. The van der Waals surface area contributed by atoms with Gasteiger partial charge in [0.05, 0.1) is 0 Å². The second-order valence-corrected chi connectivity index (χ2v) is 7.67. The molecule has 2 aromatic carbocycles. The molecule has 23 heavy (non-hydrogen) atoms. The minimum Gasteiger partial charge on any atom is -0.507 e. The Bertz CT molecular complexity index is 619. The van der Waals surface area contributed by atoms with Gasteiger partial charge in [0.15, 0.2) is 0 Å². The molecule has 0 unspecified atom stereocenters. The molecule has 0 saturated carbocycles. The summed E-state index contributed by atoms with van der Waals surface area (Å²) in [5.74, 6) is 0.799. The van der Waals surface area contributed by atoms with Crippen molar-refractivity contribution in [1.82, 2.24) is 0 Å². The lowest BCUT2D eigenvalue weighted by molar-refractivity contribution is 0.360. The van der Waals surface area contributed by atoms with E-state index in [2.05, 4.69) is 38.1 Å². The van der Waals surface area contributed by atoms with E-state index in [9.17, 15) is 10.2 Å². The predicted molar refractivity (Wildman–Crippen MR) is 96.4 cm³/mol. The largest absolute Gasteiger partial charge is 0.507 e. The standard InChI is InChI=1S/C21H28O2/c1-13-7-17(8-14(2)19(13)22)11-21(5,6)12-18-9-15(3)20(23)16(4)10-18/h7-10,22-23H,11-12H2,1-6H3. The number of phenols is 2. The molecule has 0 radical (unpaired) electrons. The van der Waals surface area contributed by atoms with E-state index >= 15 is 0 Å². The minimum absolute atomic E-state index is 0.103. The molecule has 0 aliphatic heterocycles. The molecule has 0 amide bonds. The van der Waals surface area contributed by atoms with Crippen molar-refractivity contribution < 1.29 is 10.2 Å². The number of phenolic OH excluding ortho intramolecular Hbond substituents is 2. The van der Waals surface area contributed by atoms with Gasteiger partial charge < -0.3 is 10.2 Å². The average molecular weight is 312 g/mol. The molecule has 0 bridgehead atoms. The lowest BCUT2D eigenvalue weighted by Crippen LogP contribution is -2.18. The highest BCUT2D eigenvalue weighted by molar-refractivity contribution is 5.44. The van der Waals surface area contributed by atoms with E-state index in [0.717, 1.165) is 35.1 Å². The Morgan fingerprint density at radius 2 is 0.913 bits per heavy atom. The van der Waals surface area contributed by atoms with Gasteiger partial charge in [-0.2, -0.15) is 0 Å². The van der Waals surface area contributed by atoms with E-state index in [1.807, 2.05) is 27.7 Å². The van der Waals surface area contributed by atoms with Crippen molar-refractivity contribution in [2.75, 3.05) is 0 Å². The van der Waals surface area contributed by atoms with E-state index in [1.54, 1.807) is 0 Å². The molecule has 0 aliphatic carbocycles. The van der Waals surface area contributed by atoms with Crippen molar-refractivity contribution in [2.24, 2.45) is 5.41 Å². The first-order valence-corrected chi connectivity index (χ1v) is 8.17. The Hall–Kier alpha value is -1.96. The molecule has 0 spiro atoms. The van der Waals surface area contributed by atoms with Gasteiger partial charge in [0.2, 0.25) is 0 Å². The van der Waals surface area contributed by atoms with Crippen LogP contribution in [-0.4, -0.2) is 10.2 Å². The van der Waals surface area contributed by atoms with Crippen molar-refractivity contribution >= 4 is 0 Å². The van der Waals surface area contributed by atoms with Crippen LogP contribution in [0.2, 0.25) is 0 Å². The maximum atomic E-state index is 9.93. The summed E-state index contributed by atoms with van der Waals surface area (Å²) in [4.78, 5) is 0. The van der Waals surface area contributed by atoms with Crippen molar-refractivity contribution in [2.45, 2.75) is 54.4 Å². The molecular formula is C21H28O2. The van der Waals surface area contributed by atoms with E-state index in [4.69, 9.17) is 0 Å². The molecule has 2 heteroatoms. The van der Waals surface area contributed by atoms with Crippen molar-refractivity contribution in [3.8, 4) is 11.5 Å². The fourth-order valence-corrected chi connectivity index (χ4v) is 3.46. The van der Waals surface area contributed by atoms with E-state index < -0.39 is 0 Å². The van der Waals surface area contributed by atoms with Crippen LogP contribution in [0.4, 0.5) is 0 Å². The van der Waals surface area contributed by atoms with Gasteiger partial charge in [-0.3, -0.25) is 0 Å². The molecule has 0 atom stereocenters. The fourth-order valence-electron chi connectivity index (χ4n) is 3.46. The van der Waals surface area contributed by atoms with Gasteiger partial charge in [-0.05, 0) is 79.3 Å². The molecule has 2 aromatic rings. The number of benzene rings is 2. The number of rotatable bonds is 4. The van der Waals surface area contributed by atoms with Gasteiger partial charge in [0, 0.05) is 0 Å². The molecule has 2 nitrogen and oxygen atoms in total. The Kier molecular flexibility index (Phi) is 4.74. The van der Waals surface area contributed by atoms with Crippen LogP contribution in [0.5, 0.6) is 11.5 Å². The molecule has 2 rings (SSSR count). The summed E-state index contributed by atoms with van der Waals surface area (Å²) >= 11 is 0. The topological polar surface area (TPSA) is 40.5 Å². The zero-order chi connectivity index (χ0) is 17.4. The molecule has 0 saturated heterocycles. The van der Waals surface area contributed by atoms with E-state index in [0.29, 0.717) is 11.5 Å². The Morgan fingerprint density at radius 3 is 1.17 bits per heavy atom. The first kappa shape index (κ1) is 17.4. The lowest BCUT2D eigenvalue weighted by Gasteiger charge is -2.26.